The van der Waals surface area contributed by atoms with E-state index >= 15 is 0 Å². The third kappa shape index (κ3) is 38.2. The van der Waals surface area contributed by atoms with Crippen LogP contribution in [-0.4, -0.2) is 89.2 Å². The van der Waals surface area contributed by atoms with E-state index in [1.54, 1.807) is 0 Å². The molecule has 3 N–H and O–H groups in total. The number of rotatable bonds is 49. The Morgan fingerprint density at radius 2 is 0.873 bits per heavy atom. The molecule has 1 saturated heterocycles. The van der Waals surface area contributed by atoms with Gasteiger partial charge in [0.25, 0.3) is 0 Å². The molecule has 0 aromatic carbocycles. The standard InChI is InChI=1S/C59H104O12/c1-4-7-10-13-16-19-22-24-25-26-27-29-32-35-38-41-44-47-53(62)70-57-55(64)54(63)56(58(65)66)71-59(57)68-49-50(69-52(61)46-43-40-37-34-30-21-18-15-12-9-6-3)48-67-51(60)45-42-39-36-33-31-28-23-20-17-14-11-8-5-2/h11,14,20,23-25,50,54-57,59,63-64H,4-10,12-13,15-19,21-22,26-49H2,1-3H3,(H,65,66)/b14-11-,23-20-,25-24-. The van der Waals surface area contributed by atoms with Crippen molar-refractivity contribution in [3.05, 3.63) is 36.5 Å². The number of ether oxygens (including phenoxy) is 5. The van der Waals surface area contributed by atoms with Crippen molar-refractivity contribution >= 4 is 23.9 Å². The molecule has 412 valence electrons. The number of carboxylic acid groups (broad SMARTS) is 1. The third-order valence-corrected chi connectivity index (χ3v) is 13.2. The lowest BCUT2D eigenvalue weighted by atomic mass is 9.98. The molecule has 0 aromatic rings. The highest BCUT2D eigenvalue weighted by molar-refractivity contribution is 5.74. The SMILES string of the molecule is CCC/C=C\C/C=C\CCCCCCCC(=O)OCC(COC1OC(C(=O)O)C(O)C(O)C1OC(=O)CCCCCCCCC/C=C\CCCCCCCC)OC(=O)CCCCCCCCCCCCC. The fraction of sp³-hybridized carbons (Fsp3) is 0.831. The Morgan fingerprint density at radius 3 is 1.34 bits per heavy atom. The molecule has 1 heterocycles. The maximum atomic E-state index is 13.1. The van der Waals surface area contributed by atoms with Crippen LogP contribution in [0.25, 0.3) is 0 Å². The molecule has 0 saturated carbocycles. The van der Waals surface area contributed by atoms with Crippen LogP contribution in [0, 0.1) is 0 Å². The summed E-state index contributed by atoms with van der Waals surface area (Å²) in [5.74, 6) is -3.12. The van der Waals surface area contributed by atoms with Crippen LogP contribution in [0.2, 0.25) is 0 Å². The first-order valence-corrected chi connectivity index (χ1v) is 29.0. The molecular formula is C59H104O12. The predicted octanol–water partition coefficient (Wildman–Crippen LogP) is 14.5. The van der Waals surface area contributed by atoms with Gasteiger partial charge >= 0.3 is 23.9 Å². The summed E-state index contributed by atoms with van der Waals surface area (Å²) in [6.45, 7) is 5.91. The molecule has 6 unspecified atom stereocenters. The van der Waals surface area contributed by atoms with Crippen molar-refractivity contribution in [2.24, 2.45) is 0 Å². The van der Waals surface area contributed by atoms with E-state index in [-0.39, 0.29) is 25.9 Å². The minimum atomic E-state index is -1.90. The maximum Gasteiger partial charge on any atom is 0.335 e. The summed E-state index contributed by atoms with van der Waals surface area (Å²) >= 11 is 0. The maximum absolute atomic E-state index is 13.1. The molecule has 0 radical (unpaired) electrons. The first-order chi connectivity index (χ1) is 34.6. The Hall–Kier alpha value is -3.06. The van der Waals surface area contributed by atoms with Crippen molar-refractivity contribution < 1.29 is 58.2 Å². The van der Waals surface area contributed by atoms with Crippen LogP contribution in [0.15, 0.2) is 36.5 Å². The van der Waals surface area contributed by atoms with Gasteiger partial charge in [-0.2, -0.15) is 0 Å². The van der Waals surface area contributed by atoms with Crippen LogP contribution < -0.4 is 0 Å². The number of allylic oxidation sites excluding steroid dienone is 6. The van der Waals surface area contributed by atoms with E-state index in [1.807, 2.05) is 0 Å². The zero-order chi connectivity index (χ0) is 51.8. The molecule has 71 heavy (non-hydrogen) atoms. The highest BCUT2D eigenvalue weighted by atomic mass is 16.7. The lowest BCUT2D eigenvalue weighted by Crippen LogP contribution is -2.61. The number of carboxylic acids is 1. The molecule has 0 spiro atoms. The van der Waals surface area contributed by atoms with E-state index in [0.717, 1.165) is 103 Å². The van der Waals surface area contributed by atoms with Crippen molar-refractivity contribution in [2.75, 3.05) is 13.2 Å². The summed E-state index contributed by atoms with van der Waals surface area (Å²) in [5.41, 5.74) is 0. The molecule has 1 fully saturated rings. The van der Waals surface area contributed by atoms with Crippen LogP contribution in [0.3, 0.4) is 0 Å². The molecule has 1 aliphatic rings. The number of hydrogen-bond acceptors (Lipinski definition) is 11. The predicted molar refractivity (Wildman–Crippen MR) is 285 cm³/mol. The normalized spacial score (nSPS) is 18.7. The van der Waals surface area contributed by atoms with Crippen LogP contribution in [-0.2, 0) is 42.9 Å². The molecular weight excluding hydrogens is 901 g/mol. The van der Waals surface area contributed by atoms with Crippen molar-refractivity contribution in [3.63, 3.8) is 0 Å². The number of aliphatic hydroxyl groups excluding tert-OH is 2. The minimum absolute atomic E-state index is 0.0572. The van der Waals surface area contributed by atoms with Crippen molar-refractivity contribution in [1.29, 1.82) is 0 Å². The third-order valence-electron chi connectivity index (χ3n) is 13.2. The monoisotopic (exact) mass is 1000 g/mol. The number of hydrogen-bond donors (Lipinski definition) is 3. The largest absolute Gasteiger partial charge is 0.479 e. The molecule has 1 aliphatic heterocycles. The summed E-state index contributed by atoms with van der Waals surface area (Å²) in [7, 11) is 0. The molecule has 0 amide bonds. The highest BCUT2D eigenvalue weighted by Crippen LogP contribution is 2.26. The second-order valence-corrected chi connectivity index (χ2v) is 19.9. The second kappa shape index (κ2) is 47.9. The first-order valence-electron chi connectivity index (χ1n) is 29.0. The van der Waals surface area contributed by atoms with Gasteiger partial charge < -0.3 is 39.0 Å². The molecule has 6 atom stereocenters. The van der Waals surface area contributed by atoms with Gasteiger partial charge in [0, 0.05) is 19.3 Å². The average Bonchev–Trinajstić information content (AvgIpc) is 3.35. The van der Waals surface area contributed by atoms with Gasteiger partial charge in [-0.25, -0.2) is 4.79 Å². The summed E-state index contributed by atoms with van der Waals surface area (Å²) < 4.78 is 28.4. The smallest absolute Gasteiger partial charge is 0.335 e. The topological polar surface area (TPSA) is 175 Å². The first kappa shape index (κ1) is 66.0. The number of aliphatic carboxylic acids is 1. The van der Waals surface area contributed by atoms with Gasteiger partial charge in [0.2, 0.25) is 0 Å². The summed E-state index contributed by atoms with van der Waals surface area (Å²) in [5, 5.41) is 31.4. The molecule has 12 nitrogen and oxygen atoms in total. The van der Waals surface area contributed by atoms with Gasteiger partial charge in [-0.3, -0.25) is 14.4 Å². The Bertz CT molecular complexity index is 1380. The number of aliphatic hydroxyl groups is 2. The lowest BCUT2D eigenvalue weighted by Gasteiger charge is -2.40. The molecule has 12 heteroatoms. The zero-order valence-corrected chi connectivity index (χ0v) is 45.2. The van der Waals surface area contributed by atoms with E-state index < -0.39 is 67.3 Å². The minimum Gasteiger partial charge on any atom is -0.479 e. The van der Waals surface area contributed by atoms with Crippen LogP contribution >= 0.6 is 0 Å². The van der Waals surface area contributed by atoms with Gasteiger partial charge in [-0.05, 0) is 70.6 Å². The fourth-order valence-electron chi connectivity index (χ4n) is 8.69. The van der Waals surface area contributed by atoms with E-state index in [1.165, 1.54) is 103 Å². The zero-order valence-electron chi connectivity index (χ0n) is 45.2. The molecule has 0 aliphatic carbocycles. The number of unbranched alkanes of at least 4 members (excludes halogenated alkanes) is 29. The van der Waals surface area contributed by atoms with Gasteiger partial charge in [-0.15, -0.1) is 0 Å². The summed E-state index contributed by atoms with van der Waals surface area (Å²) in [6, 6.07) is 0. The van der Waals surface area contributed by atoms with Gasteiger partial charge in [-0.1, -0.05) is 211 Å². The number of carbonyl (C=O) groups excluding carboxylic acids is 3. The number of esters is 3. The lowest BCUT2D eigenvalue weighted by molar-refractivity contribution is -0.301. The van der Waals surface area contributed by atoms with E-state index in [4.69, 9.17) is 23.7 Å². The molecule has 1 rings (SSSR count). The van der Waals surface area contributed by atoms with E-state index in [9.17, 15) is 34.5 Å². The van der Waals surface area contributed by atoms with Gasteiger partial charge in [0.05, 0.1) is 6.61 Å². The van der Waals surface area contributed by atoms with Crippen LogP contribution in [0.1, 0.15) is 265 Å². The molecule has 0 aromatic heterocycles. The summed E-state index contributed by atoms with van der Waals surface area (Å²) in [4.78, 5) is 51.0. The second-order valence-electron chi connectivity index (χ2n) is 19.9. The van der Waals surface area contributed by atoms with Crippen LogP contribution in [0.4, 0.5) is 0 Å². The van der Waals surface area contributed by atoms with Gasteiger partial charge in [0.1, 0.15) is 18.8 Å². The Kier molecular flexibility index (Phi) is 44.5. The van der Waals surface area contributed by atoms with Crippen molar-refractivity contribution in [2.45, 2.75) is 302 Å². The van der Waals surface area contributed by atoms with Crippen molar-refractivity contribution in [1.82, 2.24) is 0 Å². The number of carbonyl (C=O) groups is 4. The highest BCUT2D eigenvalue weighted by Gasteiger charge is 2.50. The van der Waals surface area contributed by atoms with Crippen molar-refractivity contribution in [3.8, 4) is 0 Å². The average molecular weight is 1010 g/mol. The quantitative estimate of drug-likeness (QED) is 0.0228. The fourth-order valence-corrected chi connectivity index (χ4v) is 8.69. The van der Waals surface area contributed by atoms with Crippen LogP contribution in [0.5, 0.6) is 0 Å². The van der Waals surface area contributed by atoms with E-state index in [2.05, 4.69) is 57.2 Å². The Labute approximate surface area is 431 Å². The summed E-state index contributed by atoms with van der Waals surface area (Å²) in [6.07, 6.45) is 42.6. The Balaban J connectivity index is 2.68. The Morgan fingerprint density at radius 1 is 0.465 bits per heavy atom. The van der Waals surface area contributed by atoms with Gasteiger partial charge in [0.15, 0.2) is 24.6 Å². The van der Waals surface area contributed by atoms with E-state index in [0.29, 0.717) is 19.3 Å². The molecule has 0 bridgehead atoms.